The van der Waals surface area contributed by atoms with Crippen LogP contribution in [0.15, 0.2) is 30.3 Å². The number of likely N-dealkylation sites (N-methyl/N-ethyl adjacent to an activating group) is 1. The fraction of sp³-hybridized carbons (Fsp3) is 0.500. The Morgan fingerprint density at radius 2 is 1.94 bits per heavy atom. The predicted octanol–water partition coefficient (Wildman–Crippen LogP) is 1.06. The van der Waals surface area contributed by atoms with Gasteiger partial charge in [0.05, 0.1) is 26.4 Å². The molecule has 90 valence electrons. The Hall–Kier alpha value is -0.940. The van der Waals surface area contributed by atoms with Gasteiger partial charge in [-0.3, -0.25) is 4.84 Å². The molecule has 0 saturated carbocycles. The molecule has 0 atom stereocenters. The molecule has 0 fully saturated rings. The van der Waals surface area contributed by atoms with Gasteiger partial charge in [-0.1, -0.05) is 30.3 Å². The van der Waals surface area contributed by atoms with Crippen LogP contribution in [-0.2, 0) is 16.2 Å². The fourth-order valence-corrected chi connectivity index (χ4v) is 1.18. The van der Waals surface area contributed by atoms with E-state index in [1.165, 1.54) is 0 Å². The van der Waals surface area contributed by atoms with E-state index in [0.29, 0.717) is 26.4 Å². The van der Waals surface area contributed by atoms with Crippen LogP contribution in [-0.4, -0.2) is 43.6 Å². The zero-order chi connectivity index (χ0) is 11.6. The summed E-state index contributed by atoms with van der Waals surface area (Å²) in [6.45, 7) is 2.26. The van der Waals surface area contributed by atoms with E-state index in [1.807, 2.05) is 37.4 Å². The maximum absolute atomic E-state index is 8.51. The molecule has 4 heteroatoms. The van der Waals surface area contributed by atoms with E-state index in [-0.39, 0.29) is 6.61 Å². The van der Waals surface area contributed by atoms with Crippen molar-refractivity contribution in [2.24, 2.45) is 0 Å². The quantitative estimate of drug-likeness (QED) is 0.530. The number of ether oxygens (including phenoxy) is 1. The topological polar surface area (TPSA) is 41.9 Å². The van der Waals surface area contributed by atoms with Gasteiger partial charge in [-0.2, -0.15) is 5.06 Å². The summed E-state index contributed by atoms with van der Waals surface area (Å²) in [6.07, 6.45) is 0. The van der Waals surface area contributed by atoms with Crippen molar-refractivity contribution in [3.63, 3.8) is 0 Å². The largest absolute Gasteiger partial charge is 0.394 e. The van der Waals surface area contributed by atoms with E-state index in [2.05, 4.69) is 0 Å². The van der Waals surface area contributed by atoms with Crippen LogP contribution in [0.3, 0.4) is 0 Å². The number of benzene rings is 1. The number of hydrogen-bond acceptors (Lipinski definition) is 4. The summed E-state index contributed by atoms with van der Waals surface area (Å²) >= 11 is 0. The Labute approximate surface area is 96.4 Å². The van der Waals surface area contributed by atoms with E-state index >= 15 is 0 Å². The van der Waals surface area contributed by atoms with Crippen LogP contribution < -0.4 is 0 Å². The van der Waals surface area contributed by atoms with Crippen LogP contribution in [0.5, 0.6) is 0 Å². The highest BCUT2D eigenvalue weighted by Gasteiger charge is 1.99. The molecule has 1 aromatic carbocycles. The summed E-state index contributed by atoms with van der Waals surface area (Å²) in [7, 11) is 1.87. The first-order chi connectivity index (χ1) is 7.83. The van der Waals surface area contributed by atoms with Crippen LogP contribution in [0.2, 0.25) is 0 Å². The fourth-order valence-electron chi connectivity index (χ4n) is 1.18. The average molecular weight is 225 g/mol. The smallest absolute Gasteiger partial charge is 0.0935 e. The minimum absolute atomic E-state index is 0.0641. The molecule has 0 radical (unpaired) electrons. The van der Waals surface area contributed by atoms with Gasteiger partial charge in [-0.05, 0) is 5.56 Å². The molecule has 0 aromatic heterocycles. The molecule has 0 amide bonds. The van der Waals surface area contributed by atoms with Crippen LogP contribution in [0, 0.1) is 0 Å². The molecule has 0 aliphatic heterocycles. The summed E-state index contributed by atoms with van der Waals surface area (Å²) in [5.41, 5.74) is 1.14. The van der Waals surface area contributed by atoms with Gasteiger partial charge >= 0.3 is 0 Å². The van der Waals surface area contributed by atoms with Crippen molar-refractivity contribution in [2.75, 3.05) is 33.4 Å². The molecule has 0 aliphatic rings. The Morgan fingerprint density at radius 3 is 2.62 bits per heavy atom. The first-order valence-corrected chi connectivity index (χ1v) is 5.39. The van der Waals surface area contributed by atoms with E-state index < -0.39 is 0 Å². The third-order valence-electron chi connectivity index (χ3n) is 2.08. The number of nitrogens with zero attached hydrogens (tertiary/aromatic N) is 1. The number of hydrogen-bond donors (Lipinski definition) is 1. The summed E-state index contributed by atoms with van der Waals surface area (Å²) in [4.78, 5) is 5.50. The Bertz CT molecular complexity index is 266. The summed E-state index contributed by atoms with van der Waals surface area (Å²) in [5, 5.41) is 10.3. The molecule has 0 aliphatic carbocycles. The second kappa shape index (κ2) is 8.24. The Morgan fingerprint density at radius 1 is 1.19 bits per heavy atom. The minimum atomic E-state index is 0.0641. The lowest BCUT2D eigenvalue weighted by atomic mass is 10.2. The van der Waals surface area contributed by atoms with Gasteiger partial charge in [-0.15, -0.1) is 0 Å². The molecular weight excluding hydrogens is 206 g/mol. The van der Waals surface area contributed by atoms with Gasteiger partial charge < -0.3 is 9.84 Å². The number of hydroxylamine groups is 2. The standard InChI is InChI=1S/C12H19NO3/c1-13(7-9-15-10-8-14)16-11-12-5-3-2-4-6-12/h2-6,14H,7-11H2,1H3. The van der Waals surface area contributed by atoms with Gasteiger partial charge in [0.1, 0.15) is 0 Å². The van der Waals surface area contributed by atoms with Crippen molar-refractivity contribution in [1.82, 2.24) is 5.06 Å². The third kappa shape index (κ3) is 5.82. The van der Waals surface area contributed by atoms with Crippen LogP contribution in [0.1, 0.15) is 5.56 Å². The second-order valence-electron chi connectivity index (χ2n) is 3.45. The van der Waals surface area contributed by atoms with Crippen molar-refractivity contribution < 1.29 is 14.7 Å². The number of aliphatic hydroxyl groups is 1. The van der Waals surface area contributed by atoms with E-state index in [4.69, 9.17) is 14.7 Å². The Kier molecular flexibility index (Phi) is 6.76. The van der Waals surface area contributed by atoms with E-state index in [1.54, 1.807) is 5.06 Å². The highest BCUT2D eigenvalue weighted by molar-refractivity contribution is 5.13. The number of rotatable bonds is 8. The first-order valence-electron chi connectivity index (χ1n) is 5.39. The zero-order valence-electron chi connectivity index (χ0n) is 9.63. The molecule has 0 spiro atoms. The van der Waals surface area contributed by atoms with Gasteiger partial charge in [0.15, 0.2) is 0 Å². The van der Waals surface area contributed by atoms with Crippen LogP contribution in [0.25, 0.3) is 0 Å². The summed E-state index contributed by atoms with van der Waals surface area (Å²) in [6, 6.07) is 10.0. The second-order valence-corrected chi connectivity index (χ2v) is 3.45. The van der Waals surface area contributed by atoms with Gasteiger partial charge in [-0.25, -0.2) is 0 Å². The van der Waals surface area contributed by atoms with Crippen molar-refractivity contribution >= 4 is 0 Å². The molecule has 16 heavy (non-hydrogen) atoms. The molecule has 0 bridgehead atoms. The number of aliphatic hydroxyl groups excluding tert-OH is 1. The maximum atomic E-state index is 8.51. The lowest BCUT2D eigenvalue weighted by Crippen LogP contribution is -2.24. The lowest BCUT2D eigenvalue weighted by Gasteiger charge is -2.16. The molecule has 0 heterocycles. The van der Waals surface area contributed by atoms with E-state index in [0.717, 1.165) is 5.56 Å². The van der Waals surface area contributed by atoms with Gasteiger partial charge in [0, 0.05) is 13.6 Å². The van der Waals surface area contributed by atoms with Crippen molar-refractivity contribution in [3.05, 3.63) is 35.9 Å². The predicted molar refractivity (Wildman–Crippen MR) is 61.8 cm³/mol. The van der Waals surface area contributed by atoms with Crippen molar-refractivity contribution in [2.45, 2.75) is 6.61 Å². The van der Waals surface area contributed by atoms with Crippen molar-refractivity contribution in [1.29, 1.82) is 0 Å². The zero-order valence-corrected chi connectivity index (χ0v) is 9.63. The van der Waals surface area contributed by atoms with Crippen LogP contribution in [0.4, 0.5) is 0 Å². The monoisotopic (exact) mass is 225 g/mol. The molecular formula is C12H19NO3. The van der Waals surface area contributed by atoms with E-state index in [9.17, 15) is 0 Å². The summed E-state index contributed by atoms with van der Waals surface area (Å²) in [5.74, 6) is 0. The normalized spacial score (nSPS) is 10.9. The van der Waals surface area contributed by atoms with Gasteiger partial charge in [0.2, 0.25) is 0 Å². The molecule has 0 saturated heterocycles. The third-order valence-corrected chi connectivity index (χ3v) is 2.08. The molecule has 1 rings (SSSR count). The van der Waals surface area contributed by atoms with Gasteiger partial charge in [0.25, 0.3) is 0 Å². The minimum Gasteiger partial charge on any atom is -0.394 e. The van der Waals surface area contributed by atoms with Crippen molar-refractivity contribution in [3.8, 4) is 0 Å². The molecule has 1 N–H and O–H groups in total. The average Bonchev–Trinajstić information content (AvgIpc) is 2.33. The SMILES string of the molecule is CN(CCOCCO)OCc1ccccc1. The highest BCUT2D eigenvalue weighted by Crippen LogP contribution is 2.01. The maximum Gasteiger partial charge on any atom is 0.0935 e. The summed E-state index contributed by atoms with van der Waals surface area (Å²) < 4.78 is 5.13. The first kappa shape index (κ1) is 13.1. The Balaban J connectivity index is 2.08. The highest BCUT2D eigenvalue weighted by atomic mass is 16.7. The molecule has 4 nitrogen and oxygen atoms in total. The molecule has 0 unspecified atom stereocenters. The lowest BCUT2D eigenvalue weighted by molar-refractivity contribution is -0.158. The molecule has 1 aromatic rings. The van der Waals surface area contributed by atoms with Crippen LogP contribution >= 0.6 is 0 Å².